The second-order valence-electron chi connectivity index (χ2n) is 6.81. The molecule has 0 aliphatic heterocycles. The zero-order valence-electron chi connectivity index (χ0n) is 16.3. The zero-order chi connectivity index (χ0) is 20.9. The monoisotopic (exact) mass is 417 g/mol. The highest BCUT2D eigenvalue weighted by Gasteiger charge is 2.22. The molecule has 0 spiro atoms. The summed E-state index contributed by atoms with van der Waals surface area (Å²) in [5.41, 5.74) is 2.36. The minimum absolute atomic E-state index is 0.172. The summed E-state index contributed by atoms with van der Waals surface area (Å²) in [4.78, 5) is 18.2. The second-order valence-corrected chi connectivity index (χ2v) is 8.06. The van der Waals surface area contributed by atoms with Crippen molar-refractivity contribution in [2.45, 2.75) is 13.0 Å². The molecule has 30 heavy (non-hydrogen) atoms. The third kappa shape index (κ3) is 4.55. The SMILES string of the molecule is Cc1cc(C(Nc2ccccn2)c2ccc(F)cc2)c(NC(=O)c2ccccc2)s1. The lowest BCUT2D eigenvalue weighted by Gasteiger charge is -2.21. The van der Waals surface area contributed by atoms with Gasteiger partial charge in [-0.1, -0.05) is 36.4 Å². The van der Waals surface area contributed by atoms with E-state index < -0.39 is 0 Å². The van der Waals surface area contributed by atoms with Gasteiger partial charge in [0.1, 0.15) is 16.6 Å². The van der Waals surface area contributed by atoms with Crippen LogP contribution >= 0.6 is 11.3 Å². The Labute approximate surface area is 178 Å². The predicted molar refractivity (Wildman–Crippen MR) is 120 cm³/mol. The van der Waals surface area contributed by atoms with E-state index in [9.17, 15) is 9.18 Å². The number of carbonyl (C=O) groups is 1. The molecule has 2 N–H and O–H groups in total. The minimum atomic E-state index is -0.309. The van der Waals surface area contributed by atoms with Gasteiger partial charge >= 0.3 is 0 Å². The first-order chi connectivity index (χ1) is 14.6. The first-order valence-corrected chi connectivity index (χ1v) is 10.3. The van der Waals surface area contributed by atoms with Gasteiger partial charge in [0.05, 0.1) is 6.04 Å². The van der Waals surface area contributed by atoms with E-state index in [2.05, 4.69) is 15.6 Å². The fourth-order valence-electron chi connectivity index (χ4n) is 3.20. The maximum atomic E-state index is 13.5. The van der Waals surface area contributed by atoms with Crippen molar-refractivity contribution in [1.82, 2.24) is 4.98 Å². The predicted octanol–water partition coefficient (Wildman–Crippen LogP) is 6.04. The summed E-state index contributed by atoms with van der Waals surface area (Å²) >= 11 is 1.51. The Bertz CT molecular complexity index is 1130. The Morgan fingerprint density at radius 1 is 1.00 bits per heavy atom. The van der Waals surface area contributed by atoms with Gasteiger partial charge < -0.3 is 10.6 Å². The minimum Gasteiger partial charge on any atom is -0.359 e. The van der Waals surface area contributed by atoms with Crippen LogP contribution in [0.4, 0.5) is 15.2 Å². The number of pyridine rings is 1. The van der Waals surface area contributed by atoms with Crippen molar-refractivity contribution in [2.24, 2.45) is 0 Å². The molecule has 0 aliphatic carbocycles. The van der Waals surface area contributed by atoms with E-state index in [1.165, 1.54) is 23.5 Å². The van der Waals surface area contributed by atoms with Crippen molar-refractivity contribution < 1.29 is 9.18 Å². The van der Waals surface area contributed by atoms with Crippen LogP contribution in [0, 0.1) is 12.7 Å². The summed E-state index contributed by atoms with van der Waals surface area (Å²) in [6, 6.07) is 22.8. The maximum Gasteiger partial charge on any atom is 0.256 e. The number of aryl methyl sites for hydroxylation is 1. The number of hydrogen-bond acceptors (Lipinski definition) is 4. The van der Waals surface area contributed by atoms with Gasteiger partial charge in [-0.15, -0.1) is 11.3 Å². The van der Waals surface area contributed by atoms with Gasteiger partial charge in [0.15, 0.2) is 0 Å². The summed E-state index contributed by atoms with van der Waals surface area (Å²) in [5.74, 6) is 0.222. The molecule has 0 saturated carbocycles. The molecular weight excluding hydrogens is 397 g/mol. The molecule has 6 heteroatoms. The van der Waals surface area contributed by atoms with Crippen molar-refractivity contribution >= 4 is 28.1 Å². The fourth-order valence-corrected chi connectivity index (χ4v) is 4.15. The molecule has 0 bridgehead atoms. The molecule has 150 valence electrons. The molecule has 4 nitrogen and oxygen atoms in total. The lowest BCUT2D eigenvalue weighted by atomic mass is 9.99. The van der Waals surface area contributed by atoms with E-state index in [1.54, 1.807) is 30.5 Å². The summed E-state index contributed by atoms with van der Waals surface area (Å²) < 4.78 is 13.5. The summed E-state index contributed by atoms with van der Waals surface area (Å²) in [6.07, 6.45) is 1.71. The van der Waals surface area contributed by atoms with Crippen LogP contribution in [0.25, 0.3) is 0 Å². The summed E-state index contributed by atoms with van der Waals surface area (Å²) in [5, 5.41) is 7.21. The summed E-state index contributed by atoms with van der Waals surface area (Å²) in [6.45, 7) is 1.99. The molecule has 0 aliphatic rings. The van der Waals surface area contributed by atoms with Gasteiger partial charge in [-0.25, -0.2) is 9.37 Å². The highest BCUT2D eigenvalue weighted by atomic mass is 32.1. The Hall–Kier alpha value is -3.51. The van der Waals surface area contributed by atoms with E-state index >= 15 is 0 Å². The van der Waals surface area contributed by atoms with Crippen LogP contribution in [0.2, 0.25) is 0 Å². The zero-order valence-corrected chi connectivity index (χ0v) is 17.1. The Balaban J connectivity index is 1.71. The first-order valence-electron chi connectivity index (χ1n) is 9.50. The number of benzene rings is 2. The molecule has 2 aromatic carbocycles. The van der Waals surface area contributed by atoms with E-state index in [0.717, 1.165) is 21.0 Å². The van der Waals surface area contributed by atoms with Gasteiger partial charge in [0, 0.05) is 22.2 Å². The van der Waals surface area contributed by atoms with E-state index in [1.807, 2.05) is 49.4 Å². The molecule has 0 fully saturated rings. The van der Waals surface area contributed by atoms with Crippen LogP contribution in [-0.4, -0.2) is 10.9 Å². The van der Waals surface area contributed by atoms with Crippen molar-refractivity contribution in [3.8, 4) is 0 Å². The van der Waals surface area contributed by atoms with E-state index in [-0.39, 0.29) is 17.8 Å². The summed E-state index contributed by atoms with van der Waals surface area (Å²) in [7, 11) is 0. The molecule has 4 aromatic rings. The maximum absolute atomic E-state index is 13.5. The molecule has 2 heterocycles. The quantitative estimate of drug-likeness (QED) is 0.402. The van der Waals surface area contributed by atoms with Gasteiger partial charge in [-0.2, -0.15) is 0 Å². The van der Waals surface area contributed by atoms with Crippen LogP contribution < -0.4 is 10.6 Å². The van der Waals surface area contributed by atoms with Gasteiger partial charge in [0.2, 0.25) is 0 Å². The van der Waals surface area contributed by atoms with Gasteiger partial charge in [-0.3, -0.25) is 4.79 Å². The van der Waals surface area contributed by atoms with Crippen molar-refractivity contribution in [2.75, 3.05) is 10.6 Å². The largest absolute Gasteiger partial charge is 0.359 e. The number of halogens is 1. The molecule has 1 amide bonds. The lowest BCUT2D eigenvalue weighted by molar-refractivity contribution is 0.102. The van der Waals surface area contributed by atoms with Crippen molar-refractivity contribution in [3.05, 3.63) is 112 Å². The molecule has 1 unspecified atom stereocenters. The topological polar surface area (TPSA) is 54.0 Å². The number of nitrogens with one attached hydrogen (secondary N) is 2. The van der Waals surface area contributed by atoms with Crippen LogP contribution in [0.3, 0.4) is 0 Å². The van der Waals surface area contributed by atoms with Crippen molar-refractivity contribution in [3.63, 3.8) is 0 Å². The number of rotatable bonds is 6. The lowest BCUT2D eigenvalue weighted by Crippen LogP contribution is -2.17. The number of anilines is 2. The van der Waals surface area contributed by atoms with Crippen LogP contribution in [0.15, 0.2) is 85.1 Å². The smallest absolute Gasteiger partial charge is 0.256 e. The molecule has 2 aromatic heterocycles. The van der Waals surface area contributed by atoms with E-state index in [0.29, 0.717) is 11.4 Å². The standard InChI is InChI=1S/C24H20FN3OS/c1-16-15-20(24(30-16)28-23(29)18-7-3-2-4-8-18)22(17-10-12-19(25)13-11-17)27-21-9-5-6-14-26-21/h2-15,22H,1H3,(H,26,27)(H,28,29). The van der Waals surface area contributed by atoms with Crippen molar-refractivity contribution in [1.29, 1.82) is 0 Å². The molecule has 1 atom stereocenters. The fraction of sp³-hybridized carbons (Fsp3) is 0.0833. The first kappa shape index (κ1) is 19.8. The van der Waals surface area contributed by atoms with Crippen LogP contribution in [0.5, 0.6) is 0 Å². The average molecular weight is 418 g/mol. The molecular formula is C24H20FN3OS. The Morgan fingerprint density at radius 3 is 2.43 bits per heavy atom. The number of hydrogen-bond donors (Lipinski definition) is 2. The third-order valence-corrected chi connectivity index (χ3v) is 5.60. The molecule has 0 saturated heterocycles. The highest BCUT2D eigenvalue weighted by Crippen LogP contribution is 2.37. The number of carbonyl (C=O) groups excluding carboxylic acids is 1. The number of aromatic nitrogens is 1. The normalized spacial score (nSPS) is 11.7. The number of nitrogens with zero attached hydrogens (tertiary/aromatic N) is 1. The Morgan fingerprint density at radius 2 is 1.73 bits per heavy atom. The van der Waals surface area contributed by atoms with Crippen LogP contribution in [0.1, 0.15) is 32.4 Å². The highest BCUT2D eigenvalue weighted by molar-refractivity contribution is 7.16. The average Bonchev–Trinajstić information content (AvgIpc) is 3.13. The third-order valence-electron chi connectivity index (χ3n) is 4.62. The second kappa shape index (κ2) is 8.88. The van der Waals surface area contributed by atoms with Gasteiger partial charge in [0.25, 0.3) is 5.91 Å². The molecule has 4 rings (SSSR count). The van der Waals surface area contributed by atoms with Crippen LogP contribution in [-0.2, 0) is 0 Å². The molecule has 0 radical (unpaired) electrons. The van der Waals surface area contributed by atoms with E-state index in [4.69, 9.17) is 0 Å². The van der Waals surface area contributed by atoms with Gasteiger partial charge in [-0.05, 0) is 55.0 Å². The number of thiophene rings is 1. The Kier molecular flexibility index (Phi) is 5.86. The number of amides is 1.